The second-order valence-electron chi connectivity index (χ2n) is 7.82. The Morgan fingerprint density at radius 2 is 1.50 bits per heavy atom. The number of benzene rings is 3. The first-order valence-electron chi connectivity index (χ1n) is 9.59. The van der Waals surface area contributed by atoms with Crippen molar-refractivity contribution in [2.24, 2.45) is 0 Å². The van der Waals surface area contributed by atoms with Gasteiger partial charge in [0.05, 0.1) is 10.6 Å². The van der Waals surface area contributed by atoms with Gasteiger partial charge in [-0.05, 0) is 41.5 Å². The second-order valence-corrected chi connectivity index (χ2v) is 9.81. The maximum Gasteiger partial charge on any atom is 0.251 e. The van der Waals surface area contributed by atoms with Crippen LogP contribution in [0.25, 0.3) is 0 Å². The van der Waals surface area contributed by atoms with Gasteiger partial charge in [-0.25, -0.2) is 12.8 Å². The highest BCUT2D eigenvalue weighted by Crippen LogP contribution is 2.25. The molecule has 0 aromatic heterocycles. The van der Waals surface area contributed by atoms with Crippen LogP contribution in [-0.4, -0.2) is 20.9 Å². The SMILES string of the molecule is CC(C)(CNC(=O)c1ccc(CS(=O)(=O)c2ccccc2)cc1)c1ccccc1F. The first kappa shape index (κ1) is 21.7. The van der Waals surface area contributed by atoms with E-state index >= 15 is 0 Å². The number of hydrogen-bond donors (Lipinski definition) is 1. The van der Waals surface area contributed by atoms with Crippen LogP contribution in [0.3, 0.4) is 0 Å². The molecule has 1 N–H and O–H groups in total. The van der Waals surface area contributed by atoms with Gasteiger partial charge in [0.15, 0.2) is 9.84 Å². The van der Waals surface area contributed by atoms with Crippen LogP contribution >= 0.6 is 0 Å². The first-order valence-corrected chi connectivity index (χ1v) is 11.2. The van der Waals surface area contributed by atoms with Gasteiger partial charge in [0, 0.05) is 17.5 Å². The average Bonchev–Trinajstić information content (AvgIpc) is 2.73. The standard InChI is InChI=1S/C24H24FNO3S/c1-24(2,21-10-6-7-11-22(21)25)17-26-23(27)19-14-12-18(13-15-19)16-30(28,29)20-8-4-3-5-9-20/h3-15H,16-17H2,1-2H3,(H,26,27). The minimum absolute atomic E-state index is 0.140. The maximum absolute atomic E-state index is 14.1. The number of rotatable bonds is 7. The van der Waals surface area contributed by atoms with E-state index in [0.29, 0.717) is 16.7 Å². The van der Waals surface area contributed by atoms with Gasteiger partial charge >= 0.3 is 0 Å². The van der Waals surface area contributed by atoms with Gasteiger partial charge in [-0.3, -0.25) is 4.79 Å². The van der Waals surface area contributed by atoms with Gasteiger partial charge in [-0.15, -0.1) is 0 Å². The Morgan fingerprint density at radius 3 is 2.13 bits per heavy atom. The van der Waals surface area contributed by atoms with Crippen LogP contribution in [0.4, 0.5) is 4.39 Å². The highest BCUT2D eigenvalue weighted by molar-refractivity contribution is 7.90. The van der Waals surface area contributed by atoms with Crippen LogP contribution in [0.2, 0.25) is 0 Å². The fraction of sp³-hybridized carbons (Fsp3) is 0.208. The molecular formula is C24H24FNO3S. The molecule has 4 nitrogen and oxygen atoms in total. The third-order valence-electron chi connectivity index (χ3n) is 4.97. The molecule has 0 fully saturated rings. The van der Waals surface area contributed by atoms with Crippen LogP contribution in [0.1, 0.15) is 35.3 Å². The van der Waals surface area contributed by atoms with Crippen molar-refractivity contribution in [3.8, 4) is 0 Å². The molecule has 0 saturated carbocycles. The normalized spacial score (nSPS) is 11.8. The van der Waals surface area contributed by atoms with E-state index in [0.717, 1.165) is 0 Å². The molecule has 0 radical (unpaired) electrons. The summed E-state index contributed by atoms with van der Waals surface area (Å²) < 4.78 is 39.0. The Morgan fingerprint density at radius 1 is 0.900 bits per heavy atom. The Balaban J connectivity index is 1.65. The summed E-state index contributed by atoms with van der Waals surface area (Å²) in [6, 6.07) is 21.2. The van der Waals surface area contributed by atoms with Crippen molar-refractivity contribution in [1.29, 1.82) is 0 Å². The zero-order chi connectivity index (χ0) is 21.8. The summed E-state index contributed by atoms with van der Waals surface area (Å²) in [7, 11) is -3.45. The van der Waals surface area contributed by atoms with Gasteiger partial charge in [-0.2, -0.15) is 0 Å². The predicted octanol–water partition coefficient (Wildman–Crippen LogP) is 4.51. The van der Waals surface area contributed by atoms with Gasteiger partial charge < -0.3 is 5.32 Å². The summed E-state index contributed by atoms with van der Waals surface area (Å²) in [6.07, 6.45) is 0. The van der Waals surface area contributed by atoms with E-state index in [2.05, 4.69) is 5.32 Å². The summed E-state index contributed by atoms with van der Waals surface area (Å²) in [5, 5.41) is 2.83. The third kappa shape index (κ3) is 5.13. The van der Waals surface area contributed by atoms with Crippen molar-refractivity contribution in [2.45, 2.75) is 29.9 Å². The lowest BCUT2D eigenvalue weighted by atomic mass is 9.84. The minimum Gasteiger partial charge on any atom is -0.351 e. The summed E-state index contributed by atoms with van der Waals surface area (Å²) in [5.74, 6) is -0.739. The maximum atomic E-state index is 14.1. The summed E-state index contributed by atoms with van der Waals surface area (Å²) in [4.78, 5) is 12.8. The molecule has 0 aliphatic carbocycles. The fourth-order valence-electron chi connectivity index (χ4n) is 3.19. The number of hydrogen-bond acceptors (Lipinski definition) is 3. The molecule has 0 bridgehead atoms. The van der Waals surface area contributed by atoms with E-state index in [4.69, 9.17) is 0 Å². The monoisotopic (exact) mass is 425 g/mol. The molecule has 156 valence electrons. The van der Waals surface area contributed by atoms with E-state index < -0.39 is 15.3 Å². The quantitative estimate of drug-likeness (QED) is 0.606. The van der Waals surface area contributed by atoms with Crippen LogP contribution in [-0.2, 0) is 21.0 Å². The number of halogens is 1. The van der Waals surface area contributed by atoms with Crippen molar-refractivity contribution in [3.63, 3.8) is 0 Å². The van der Waals surface area contributed by atoms with E-state index in [9.17, 15) is 17.6 Å². The van der Waals surface area contributed by atoms with Crippen molar-refractivity contribution < 1.29 is 17.6 Å². The lowest BCUT2D eigenvalue weighted by Crippen LogP contribution is -2.37. The highest BCUT2D eigenvalue weighted by Gasteiger charge is 2.24. The predicted molar refractivity (Wildman–Crippen MR) is 116 cm³/mol. The van der Waals surface area contributed by atoms with Gasteiger partial charge in [0.1, 0.15) is 5.82 Å². The molecule has 0 atom stereocenters. The van der Waals surface area contributed by atoms with E-state index in [1.807, 2.05) is 13.8 Å². The topological polar surface area (TPSA) is 63.2 Å². The fourth-order valence-corrected chi connectivity index (χ4v) is 4.56. The number of nitrogens with one attached hydrogen (secondary N) is 1. The number of carbonyl (C=O) groups excluding carboxylic acids is 1. The van der Waals surface area contributed by atoms with Crippen molar-refractivity contribution in [1.82, 2.24) is 5.32 Å². The first-order chi connectivity index (χ1) is 14.2. The molecular weight excluding hydrogens is 401 g/mol. The Kier molecular flexibility index (Phi) is 6.37. The Hall–Kier alpha value is -2.99. The van der Waals surface area contributed by atoms with Gasteiger partial charge in [0.2, 0.25) is 0 Å². The van der Waals surface area contributed by atoms with Crippen LogP contribution in [0, 0.1) is 5.82 Å². The number of carbonyl (C=O) groups is 1. The lowest BCUT2D eigenvalue weighted by molar-refractivity contribution is 0.0945. The Bertz CT molecular complexity index is 1120. The molecule has 1 amide bonds. The van der Waals surface area contributed by atoms with Gasteiger partial charge in [-0.1, -0.05) is 62.4 Å². The molecule has 3 aromatic carbocycles. The smallest absolute Gasteiger partial charge is 0.251 e. The van der Waals surface area contributed by atoms with Crippen LogP contribution in [0.15, 0.2) is 83.8 Å². The largest absolute Gasteiger partial charge is 0.351 e. The average molecular weight is 426 g/mol. The minimum atomic E-state index is -3.45. The van der Waals surface area contributed by atoms with Crippen molar-refractivity contribution in [3.05, 3.63) is 101 Å². The zero-order valence-corrected chi connectivity index (χ0v) is 17.7. The molecule has 3 aromatic rings. The molecule has 0 unspecified atom stereocenters. The van der Waals surface area contributed by atoms with Crippen LogP contribution < -0.4 is 5.32 Å². The number of amides is 1. The van der Waals surface area contributed by atoms with Crippen molar-refractivity contribution in [2.75, 3.05) is 6.54 Å². The lowest BCUT2D eigenvalue weighted by Gasteiger charge is -2.26. The molecule has 0 spiro atoms. The van der Waals surface area contributed by atoms with Crippen molar-refractivity contribution >= 4 is 15.7 Å². The molecule has 0 aliphatic heterocycles. The molecule has 3 rings (SSSR count). The molecule has 0 heterocycles. The number of sulfone groups is 1. The summed E-state index contributed by atoms with van der Waals surface area (Å²) in [6.45, 7) is 3.99. The molecule has 30 heavy (non-hydrogen) atoms. The van der Waals surface area contributed by atoms with E-state index in [1.54, 1.807) is 72.8 Å². The van der Waals surface area contributed by atoms with E-state index in [1.165, 1.54) is 6.07 Å². The zero-order valence-electron chi connectivity index (χ0n) is 16.9. The summed E-state index contributed by atoms with van der Waals surface area (Å²) >= 11 is 0. The molecule has 0 aliphatic rings. The second kappa shape index (κ2) is 8.79. The molecule has 6 heteroatoms. The van der Waals surface area contributed by atoms with Crippen LogP contribution in [0.5, 0.6) is 0 Å². The third-order valence-corrected chi connectivity index (χ3v) is 6.67. The summed E-state index contributed by atoms with van der Waals surface area (Å²) in [5.41, 5.74) is 0.971. The van der Waals surface area contributed by atoms with Gasteiger partial charge in [0.25, 0.3) is 5.91 Å². The molecule has 0 saturated heterocycles. The highest BCUT2D eigenvalue weighted by atomic mass is 32.2. The van der Waals surface area contributed by atoms with E-state index in [-0.39, 0.29) is 28.9 Å². The Labute approximate surface area is 176 Å².